The minimum Gasteiger partial charge on any atom is -0.0851 e. The lowest BCUT2D eigenvalue weighted by molar-refractivity contribution is 0.366. The van der Waals surface area contributed by atoms with Crippen LogP contribution in [0.25, 0.3) is 0 Å². The van der Waals surface area contributed by atoms with Crippen molar-refractivity contribution in [2.75, 3.05) is 0 Å². The van der Waals surface area contributed by atoms with E-state index < -0.39 is 0 Å². The first-order chi connectivity index (χ1) is 6.13. The van der Waals surface area contributed by atoms with Gasteiger partial charge in [0.2, 0.25) is 0 Å². The van der Waals surface area contributed by atoms with E-state index in [0.29, 0.717) is 10.8 Å². The highest BCUT2D eigenvalue weighted by Gasteiger charge is 2.12. The maximum absolute atomic E-state index is 2.41. The lowest BCUT2D eigenvalue weighted by Gasteiger charge is -2.20. The Kier molecular flexibility index (Phi) is 4.91. The van der Waals surface area contributed by atoms with Crippen molar-refractivity contribution in [1.82, 2.24) is 0 Å². The second-order valence-electron chi connectivity index (χ2n) is 6.59. The molecule has 0 aliphatic carbocycles. The van der Waals surface area contributed by atoms with Crippen LogP contribution in [0.3, 0.4) is 0 Å². The predicted molar refractivity (Wildman–Crippen MR) is 66.5 cm³/mol. The molecule has 0 aromatic rings. The van der Waals surface area contributed by atoms with Crippen molar-refractivity contribution < 1.29 is 0 Å². The van der Waals surface area contributed by atoms with Gasteiger partial charge in [-0.25, -0.2) is 0 Å². The first-order valence-corrected chi connectivity index (χ1v) is 5.80. The van der Waals surface area contributed by atoms with E-state index >= 15 is 0 Å². The van der Waals surface area contributed by atoms with Gasteiger partial charge in [0.05, 0.1) is 0 Å². The molecule has 0 nitrogen and oxygen atoms in total. The van der Waals surface area contributed by atoms with E-state index in [1.807, 2.05) is 0 Å². The normalized spacial score (nSPS) is 14.6. The molecule has 0 unspecified atom stereocenters. The average Bonchev–Trinajstić information content (AvgIpc) is 1.93. The molecule has 0 aromatic carbocycles. The number of rotatable bonds is 3. The molecule has 0 aliphatic heterocycles. The number of hydrogen-bond acceptors (Lipinski definition) is 0. The van der Waals surface area contributed by atoms with Crippen LogP contribution in [0.4, 0.5) is 0 Å². The van der Waals surface area contributed by atoms with Gasteiger partial charge in [0.1, 0.15) is 0 Å². The lowest BCUT2D eigenvalue weighted by Crippen LogP contribution is -2.07. The third-order valence-electron chi connectivity index (χ3n) is 2.76. The van der Waals surface area contributed by atoms with E-state index in [1.165, 1.54) is 24.8 Å². The minimum atomic E-state index is 0.349. The molecular formula is C14H28. The van der Waals surface area contributed by atoms with Gasteiger partial charge in [-0.2, -0.15) is 0 Å². The minimum absolute atomic E-state index is 0.349. The molecule has 0 saturated carbocycles. The Morgan fingerprint density at radius 1 is 1.00 bits per heavy atom. The van der Waals surface area contributed by atoms with E-state index in [-0.39, 0.29) is 0 Å². The topological polar surface area (TPSA) is 0 Å². The zero-order valence-corrected chi connectivity index (χ0v) is 11.2. The van der Waals surface area contributed by atoms with Gasteiger partial charge in [-0.05, 0) is 37.0 Å². The average molecular weight is 196 g/mol. The molecule has 0 radical (unpaired) electrons. The number of unbranched alkanes of at least 4 members (excludes halogenated alkanes) is 1. The molecular weight excluding hydrogens is 168 g/mol. The molecule has 0 amide bonds. The molecule has 0 heteroatoms. The molecule has 14 heavy (non-hydrogen) atoms. The second-order valence-corrected chi connectivity index (χ2v) is 6.59. The summed E-state index contributed by atoms with van der Waals surface area (Å²) in [6.45, 7) is 16.0. The van der Waals surface area contributed by atoms with Crippen LogP contribution in [-0.2, 0) is 0 Å². The van der Waals surface area contributed by atoms with E-state index in [9.17, 15) is 0 Å². The van der Waals surface area contributed by atoms with Crippen LogP contribution < -0.4 is 0 Å². The van der Waals surface area contributed by atoms with Crippen LogP contribution in [0, 0.1) is 10.8 Å². The van der Waals surface area contributed by atoms with Crippen molar-refractivity contribution in [2.24, 2.45) is 10.8 Å². The smallest absolute Gasteiger partial charge is 0.0176 e. The standard InChI is InChI=1S/C14H28/c1-12(14(5,6)7)10-8-9-11-13(2,3)4/h10H,8-9,11H2,1-7H3. The van der Waals surface area contributed by atoms with E-state index in [1.54, 1.807) is 0 Å². The van der Waals surface area contributed by atoms with Gasteiger partial charge >= 0.3 is 0 Å². The van der Waals surface area contributed by atoms with Gasteiger partial charge in [0.25, 0.3) is 0 Å². The number of hydrogen-bond donors (Lipinski definition) is 0. The van der Waals surface area contributed by atoms with Crippen molar-refractivity contribution in [3.8, 4) is 0 Å². The largest absolute Gasteiger partial charge is 0.0851 e. The lowest BCUT2D eigenvalue weighted by atomic mass is 9.86. The van der Waals surface area contributed by atoms with E-state index in [2.05, 4.69) is 54.5 Å². The second kappa shape index (κ2) is 5.00. The first-order valence-electron chi connectivity index (χ1n) is 5.80. The summed E-state index contributed by atoms with van der Waals surface area (Å²) in [5, 5.41) is 0. The monoisotopic (exact) mass is 196 g/mol. The van der Waals surface area contributed by atoms with Crippen LogP contribution >= 0.6 is 0 Å². The van der Waals surface area contributed by atoms with Crippen molar-refractivity contribution in [3.63, 3.8) is 0 Å². The maximum Gasteiger partial charge on any atom is -0.0176 e. The fourth-order valence-corrected chi connectivity index (χ4v) is 1.26. The van der Waals surface area contributed by atoms with Crippen LogP contribution in [0.2, 0.25) is 0 Å². The summed E-state index contributed by atoms with van der Waals surface area (Å²) in [7, 11) is 0. The Bertz CT molecular complexity index is 183. The van der Waals surface area contributed by atoms with Gasteiger partial charge in [-0.15, -0.1) is 0 Å². The highest BCUT2D eigenvalue weighted by atomic mass is 14.2. The van der Waals surface area contributed by atoms with Crippen LogP contribution in [0.1, 0.15) is 67.7 Å². The predicted octanol–water partition coefficient (Wildman–Crippen LogP) is 5.20. The highest BCUT2D eigenvalue weighted by molar-refractivity contribution is 5.07. The first kappa shape index (κ1) is 13.7. The molecule has 0 rings (SSSR count). The Labute approximate surface area is 90.8 Å². The Hall–Kier alpha value is -0.260. The summed E-state index contributed by atoms with van der Waals surface area (Å²) in [5.74, 6) is 0. The molecule has 0 heterocycles. The Morgan fingerprint density at radius 3 is 1.86 bits per heavy atom. The van der Waals surface area contributed by atoms with Crippen molar-refractivity contribution in [1.29, 1.82) is 0 Å². The van der Waals surface area contributed by atoms with Gasteiger partial charge < -0.3 is 0 Å². The summed E-state index contributed by atoms with van der Waals surface area (Å²) in [6, 6.07) is 0. The summed E-state index contributed by atoms with van der Waals surface area (Å²) >= 11 is 0. The zero-order chi connectivity index (χ0) is 11.4. The third-order valence-corrected chi connectivity index (χ3v) is 2.76. The van der Waals surface area contributed by atoms with Crippen molar-refractivity contribution in [2.45, 2.75) is 67.7 Å². The van der Waals surface area contributed by atoms with Crippen molar-refractivity contribution >= 4 is 0 Å². The molecule has 0 atom stereocenters. The van der Waals surface area contributed by atoms with Gasteiger partial charge in [0, 0.05) is 0 Å². The van der Waals surface area contributed by atoms with Gasteiger partial charge in [-0.3, -0.25) is 0 Å². The SMILES string of the molecule is CC(=CCCCC(C)(C)C)C(C)(C)C. The molecule has 0 fully saturated rings. The summed E-state index contributed by atoms with van der Waals surface area (Å²) < 4.78 is 0. The summed E-state index contributed by atoms with van der Waals surface area (Å²) in [4.78, 5) is 0. The molecule has 0 N–H and O–H groups in total. The Balaban J connectivity index is 3.84. The van der Waals surface area contributed by atoms with E-state index in [0.717, 1.165) is 0 Å². The van der Waals surface area contributed by atoms with Crippen LogP contribution in [0.15, 0.2) is 11.6 Å². The van der Waals surface area contributed by atoms with Gasteiger partial charge in [-0.1, -0.05) is 53.2 Å². The quantitative estimate of drug-likeness (QED) is 0.430. The molecule has 0 aliphatic rings. The van der Waals surface area contributed by atoms with Gasteiger partial charge in [0.15, 0.2) is 0 Å². The molecule has 0 aromatic heterocycles. The fraction of sp³-hybridized carbons (Fsp3) is 0.857. The third kappa shape index (κ3) is 7.17. The molecule has 0 saturated heterocycles. The zero-order valence-electron chi connectivity index (χ0n) is 11.2. The summed E-state index contributed by atoms with van der Waals surface area (Å²) in [6.07, 6.45) is 6.28. The van der Waals surface area contributed by atoms with E-state index in [4.69, 9.17) is 0 Å². The maximum atomic E-state index is 2.41. The molecule has 84 valence electrons. The number of allylic oxidation sites excluding steroid dienone is 2. The van der Waals surface area contributed by atoms with Crippen molar-refractivity contribution in [3.05, 3.63) is 11.6 Å². The molecule has 0 spiro atoms. The Morgan fingerprint density at radius 2 is 1.50 bits per heavy atom. The summed E-state index contributed by atoms with van der Waals surface area (Å²) in [5.41, 5.74) is 2.36. The molecule has 0 bridgehead atoms. The van der Waals surface area contributed by atoms with Crippen LogP contribution in [-0.4, -0.2) is 0 Å². The highest BCUT2D eigenvalue weighted by Crippen LogP contribution is 2.26. The fourth-order valence-electron chi connectivity index (χ4n) is 1.26. The van der Waals surface area contributed by atoms with Crippen LogP contribution in [0.5, 0.6) is 0 Å².